The number of aliphatic hydroxyl groups excluding tert-OH is 2. The minimum atomic E-state index is -4.47. The van der Waals surface area contributed by atoms with Crippen LogP contribution in [0.2, 0.25) is 0 Å². The quantitative estimate of drug-likeness (QED) is 0.327. The second-order valence-corrected chi connectivity index (χ2v) is 10.4. The van der Waals surface area contributed by atoms with E-state index < -0.39 is 11.6 Å². The van der Waals surface area contributed by atoms with Gasteiger partial charge in [-0.15, -0.1) is 0 Å². The first kappa shape index (κ1) is 27.1. The van der Waals surface area contributed by atoms with Gasteiger partial charge in [-0.3, -0.25) is 0 Å². The summed E-state index contributed by atoms with van der Waals surface area (Å²) in [5.41, 5.74) is 10.5. The predicted octanol–water partition coefficient (Wildman–Crippen LogP) is 7.62. The summed E-state index contributed by atoms with van der Waals surface area (Å²) >= 11 is 0. The molecule has 2 aromatic rings. The van der Waals surface area contributed by atoms with Crippen LogP contribution < -0.4 is 4.90 Å². The molecule has 5 rings (SSSR count). The monoisotopic (exact) mass is 531 g/mol. The molecule has 3 nitrogen and oxygen atoms in total. The summed E-state index contributed by atoms with van der Waals surface area (Å²) in [6, 6.07) is 12.2. The fourth-order valence-corrected chi connectivity index (χ4v) is 5.71. The molecular weight excluding hydrogens is 499 g/mol. The molecule has 0 fully saturated rings. The maximum Gasteiger partial charge on any atom is 0.402 e. The summed E-state index contributed by atoms with van der Waals surface area (Å²) < 4.78 is 44.2. The summed E-state index contributed by atoms with van der Waals surface area (Å²) in [6.07, 6.45) is 7.82. The van der Waals surface area contributed by atoms with Crippen LogP contribution in [0.3, 0.4) is 0 Å². The van der Waals surface area contributed by atoms with Gasteiger partial charge in [-0.05, 0) is 104 Å². The first-order chi connectivity index (χ1) is 18.8. The van der Waals surface area contributed by atoms with E-state index in [9.17, 15) is 18.3 Å². The van der Waals surface area contributed by atoms with Crippen molar-refractivity contribution in [3.8, 4) is 11.1 Å². The van der Waals surface area contributed by atoms with Crippen molar-refractivity contribution >= 4 is 5.69 Å². The van der Waals surface area contributed by atoms with Crippen LogP contribution in [-0.4, -0.2) is 29.6 Å². The van der Waals surface area contributed by atoms with Gasteiger partial charge in [0.2, 0.25) is 0 Å². The fraction of sp³-hybridized carbons (Fsp3) is 0.333. The number of rotatable bonds is 9. The lowest BCUT2D eigenvalue weighted by molar-refractivity contribution is -0.172. The Morgan fingerprint density at radius 3 is 2.28 bits per heavy atom. The minimum Gasteiger partial charge on any atom is -0.396 e. The van der Waals surface area contributed by atoms with Crippen LogP contribution >= 0.6 is 0 Å². The average molecular weight is 532 g/mol. The summed E-state index contributed by atoms with van der Waals surface area (Å²) in [6.45, 7) is 1.51. The Morgan fingerprint density at radius 1 is 0.872 bits per heavy atom. The zero-order valence-electron chi connectivity index (χ0n) is 22.0. The Labute approximate surface area is 227 Å². The highest BCUT2D eigenvalue weighted by molar-refractivity contribution is 5.84. The lowest BCUT2D eigenvalue weighted by Gasteiger charge is -2.33. The topological polar surface area (TPSA) is 43.7 Å². The van der Waals surface area contributed by atoms with E-state index >= 15 is 0 Å². The molecule has 2 aromatic carbocycles. The van der Waals surface area contributed by atoms with E-state index in [1.54, 1.807) is 36.4 Å². The van der Waals surface area contributed by atoms with Gasteiger partial charge in [0.05, 0.1) is 5.70 Å². The number of fused-ring (bicyclic) bond motifs is 3. The molecule has 0 saturated heterocycles. The van der Waals surface area contributed by atoms with Crippen molar-refractivity contribution in [1.29, 1.82) is 0 Å². The maximum atomic E-state index is 14.7. The summed E-state index contributed by atoms with van der Waals surface area (Å²) in [5, 5.41) is 18.4. The largest absolute Gasteiger partial charge is 0.402 e. The molecule has 1 atom stereocenters. The molecule has 0 spiro atoms. The van der Waals surface area contributed by atoms with Crippen molar-refractivity contribution in [2.75, 3.05) is 18.1 Å². The van der Waals surface area contributed by atoms with E-state index in [0.29, 0.717) is 48.2 Å². The molecule has 3 aliphatic carbocycles. The van der Waals surface area contributed by atoms with Crippen LogP contribution in [0, 0.1) is 0 Å². The van der Waals surface area contributed by atoms with Crippen LogP contribution in [0.25, 0.3) is 11.1 Å². The maximum absolute atomic E-state index is 14.7. The molecule has 0 bridgehead atoms. The van der Waals surface area contributed by atoms with Crippen LogP contribution in [0.4, 0.5) is 18.9 Å². The molecule has 2 N–H and O–H groups in total. The van der Waals surface area contributed by atoms with Crippen molar-refractivity contribution in [2.45, 2.75) is 57.0 Å². The number of hydrogen-bond acceptors (Lipinski definition) is 3. The molecule has 0 radical (unpaired) electrons. The number of halogens is 3. The minimum absolute atomic E-state index is 0.0923. The van der Waals surface area contributed by atoms with Gasteiger partial charge in [0, 0.05) is 30.2 Å². The molecule has 0 amide bonds. The highest BCUT2D eigenvalue weighted by Gasteiger charge is 2.58. The molecule has 202 valence electrons. The van der Waals surface area contributed by atoms with E-state index in [4.69, 9.17) is 5.11 Å². The molecule has 0 aliphatic heterocycles. The second kappa shape index (κ2) is 10.9. The number of benzene rings is 2. The van der Waals surface area contributed by atoms with Gasteiger partial charge >= 0.3 is 6.18 Å². The molecule has 0 aromatic heterocycles. The lowest BCUT2D eigenvalue weighted by Crippen LogP contribution is -2.39. The van der Waals surface area contributed by atoms with Crippen LogP contribution in [0.1, 0.15) is 56.6 Å². The standard InChI is InChI=1S/C33H32F3NO2/c1-32(33(34,35)36)30-9-3-2-8-28(30)29-19-18-27(22-31(29)32)37(25-14-10-23(11-15-25)6-4-20-38)26-16-12-24(13-17-26)7-5-21-39/h2-3,8-10,12,14,16,18-19,22,38-39H,4-7,11,15,20-21H2,1H3. The van der Waals surface area contributed by atoms with Gasteiger partial charge in [-0.1, -0.05) is 47.7 Å². The normalized spacial score (nSPS) is 19.6. The zero-order valence-corrected chi connectivity index (χ0v) is 22.0. The van der Waals surface area contributed by atoms with Gasteiger partial charge in [0.15, 0.2) is 0 Å². The number of anilines is 1. The van der Waals surface area contributed by atoms with E-state index in [1.807, 2.05) is 29.2 Å². The van der Waals surface area contributed by atoms with Crippen molar-refractivity contribution in [3.63, 3.8) is 0 Å². The summed E-state index contributed by atoms with van der Waals surface area (Å²) in [5.74, 6) is 0. The molecular formula is C33H32F3NO2. The van der Waals surface area contributed by atoms with E-state index in [2.05, 4.69) is 17.5 Å². The molecule has 39 heavy (non-hydrogen) atoms. The highest BCUT2D eigenvalue weighted by Crippen LogP contribution is 2.57. The fourth-order valence-electron chi connectivity index (χ4n) is 5.71. The van der Waals surface area contributed by atoms with E-state index in [-0.39, 0.29) is 24.3 Å². The molecule has 0 saturated carbocycles. The third-order valence-corrected chi connectivity index (χ3v) is 7.92. The summed E-state index contributed by atoms with van der Waals surface area (Å²) in [4.78, 5) is 1.98. The van der Waals surface area contributed by atoms with Gasteiger partial charge < -0.3 is 15.1 Å². The second-order valence-electron chi connectivity index (χ2n) is 10.4. The van der Waals surface area contributed by atoms with Gasteiger partial charge in [0.25, 0.3) is 0 Å². The highest BCUT2D eigenvalue weighted by atomic mass is 19.4. The average Bonchev–Trinajstić information content (AvgIpc) is 3.21. The summed E-state index contributed by atoms with van der Waals surface area (Å²) in [7, 11) is 0. The van der Waals surface area contributed by atoms with Crippen molar-refractivity contribution < 1.29 is 23.4 Å². The van der Waals surface area contributed by atoms with Gasteiger partial charge in [-0.2, -0.15) is 13.2 Å². The number of alkyl halides is 3. The molecule has 6 heteroatoms. The van der Waals surface area contributed by atoms with Crippen LogP contribution in [0.5, 0.6) is 0 Å². The third-order valence-electron chi connectivity index (χ3n) is 7.92. The van der Waals surface area contributed by atoms with Gasteiger partial charge in [0.1, 0.15) is 5.41 Å². The number of hydrogen-bond donors (Lipinski definition) is 2. The van der Waals surface area contributed by atoms with Crippen LogP contribution in [-0.2, 0) is 5.41 Å². The molecule has 1 unspecified atom stereocenters. The first-order valence-corrected chi connectivity index (χ1v) is 13.4. The zero-order chi connectivity index (χ0) is 27.6. The van der Waals surface area contributed by atoms with Gasteiger partial charge in [-0.25, -0.2) is 0 Å². The smallest absolute Gasteiger partial charge is 0.396 e. The number of aliphatic hydroxyl groups is 2. The van der Waals surface area contributed by atoms with E-state index in [0.717, 1.165) is 24.1 Å². The number of allylic oxidation sites excluding steroid dienone is 7. The Bertz CT molecular complexity index is 1470. The molecule has 0 heterocycles. The predicted molar refractivity (Wildman–Crippen MR) is 148 cm³/mol. The third kappa shape index (κ3) is 4.97. The SMILES string of the molecule is CC1(C(F)(F)F)c2ccccc2-c2ccc(N(C3=C=C=C(CCCO)C=C3)C3=CC=C(CCCO)CC3)cc21. The van der Waals surface area contributed by atoms with Crippen LogP contribution in [0.15, 0.2) is 101 Å². The van der Waals surface area contributed by atoms with E-state index in [1.165, 1.54) is 12.5 Å². The number of nitrogens with zero attached hydrogens (tertiary/aromatic N) is 1. The Balaban J connectivity index is 1.64. The molecule has 3 aliphatic rings. The van der Waals surface area contributed by atoms with Crippen molar-refractivity contribution in [3.05, 3.63) is 112 Å². The van der Waals surface area contributed by atoms with Crippen molar-refractivity contribution in [2.24, 2.45) is 0 Å². The lowest BCUT2D eigenvalue weighted by atomic mass is 9.79. The van der Waals surface area contributed by atoms with Crippen molar-refractivity contribution in [1.82, 2.24) is 0 Å². The Kier molecular flexibility index (Phi) is 7.57. The Hall–Kier alpha value is -3.53. The Morgan fingerprint density at radius 2 is 1.62 bits per heavy atom. The first-order valence-electron chi connectivity index (χ1n) is 13.4.